The van der Waals surface area contributed by atoms with Crippen LogP contribution in [-0.2, 0) is 0 Å². The van der Waals surface area contributed by atoms with Crippen LogP contribution in [0.1, 0.15) is 10.5 Å². The first-order valence-electron chi connectivity index (χ1n) is 4.38. The third-order valence-corrected chi connectivity index (χ3v) is 1.76. The third-order valence-electron chi connectivity index (χ3n) is 1.56. The van der Waals surface area contributed by atoms with Crippen LogP contribution in [0.5, 0.6) is 0 Å². The largest absolute Gasteiger partial charge is 0.352 e. The fraction of sp³-hybridized carbons (Fsp3) is 0.250. The smallest absolute Gasteiger partial charge is 0.312 e. The van der Waals surface area contributed by atoms with Gasteiger partial charge < -0.3 is 16.4 Å². The minimum absolute atomic E-state index is 0.156. The van der Waals surface area contributed by atoms with Crippen LogP contribution in [0.4, 0.5) is 4.79 Å². The van der Waals surface area contributed by atoms with Gasteiger partial charge in [0.25, 0.3) is 5.91 Å². The molecule has 0 aliphatic carbocycles. The number of hydrogen-bond donors (Lipinski definition) is 3. The molecule has 8 heteroatoms. The molecule has 7 nitrogen and oxygen atoms in total. The summed E-state index contributed by atoms with van der Waals surface area (Å²) >= 11 is 5.51. The number of urea groups is 1. The Labute approximate surface area is 96.4 Å². The summed E-state index contributed by atoms with van der Waals surface area (Å²) in [6, 6.07) is -0.638. The number of nitrogens with two attached hydrogens (primary N) is 1. The molecule has 0 bridgehead atoms. The number of carbonyl (C=O) groups excluding carboxylic acids is 2. The van der Waals surface area contributed by atoms with Gasteiger partial charge in [0.15, 0.2) is 0 Å². The van der Waals surface area contributed by atoms with Crippen LogP contribution < -0.4 is 16.4 Å². The molecule has 0 saturated heterocycles. The molecule has 1 aromatic rings. The molecule has 1 heterocycles. The van der Waals surface area contributed by atoms with Crippen LogP contribution >= 0.6 is 11.6 Å². The molecule has 0 radical (unpaired) electrons. The van der Waals surface area contributed by atoms with Gasteiger partial charge in [-0.25, -0.2) is 14.8 Å². The molecular formula is C8H10ClN5O2. The van der Waals surface area contributed by atoms with Crippen molar-refractivity contribution in [2.75, 3.05) is 13.1 Å². The van der Waals surface area contributed by atoms with E-state index < -0.39 is 11.9 Å². The average Bonchev–Trinajstić information content (AvgIpc) is 2.25. The first-order valence-corrected chi connectivity index (χ1v) is 4.76. The zero-order valence-corrected chi connectivity index (χ0v) is 8.99. The van der Waals surface area contributed by atoms with E-state index in [-0.39, 0.29) is 23.9 Å². The monoisotopic (exact) mass is 243 g/mol. The van der Waals surface area contributed by atoms with Gasteiger partial charge in [0, 0.05) is 13.1 Å². The number of rotatable bonds is 4. The average molecular weight is 244 g/mol. The highest BCUT2D eigenvalue weighted by molar-refractivity contribution is 6.29. The second-order valence-electron chi connectivity index (χ2n) is 2.77. The van der Waals surface area contributed by atoms with Gasteiger partial charge in [0.2, 0.25) is 0 Å². The van der Waals surface area contributed by atoms with Gasteiger partial charge in [-0.15, -0.1) is 0 Å². The number of carbonyl (C=O) groups is 2. The molecule has 0 unspecified atom stereocenters. The van der Waals surface area contributed by atoms with Crippen molar-refractivity contribution in [1.29, 1.82) is 0 Å². The van der Waals surface area contributed by atoms with Crippen LogP contribution in [-0.4, -0.2) is 35.0 Å². The molecule has 1 rings (SSSR count). The van der Waals surface area contributed by atoms with Gasteiger partial charge in [0.05, 0.1) is 12.4 Å². The van der Waals surface area contributed by atoms with Crippen molar-refractivity contribution in [2.45, 2.75) is 0 Å². The Hall–Kier alpha value is -1.89. The highest BCUT2D eigenvalue weighted by Crippen LogP contribution is 2.00. The van der Waals surface area contributed by atoms with E-state index in [0.717, 1.165) is 0 Å². The Balaban J connectivity index is 2.35. The Morgan fingerprint density at radius 1 is 1.25 bits per heavy atom. The maximum atomic E-state index is 11.4. The van der Waals surface area contributed by atoms with Gasteiger partial charge in [-0.1, -0.05) is 11.6 Å². The third kappa shape index (κ3) is 4.09. The zero-order valence-electron chi connectivity index (χ0n) is 8.24. The molecule has 0 saturated carbocycles. The SMILES string of the molecule is NC(=O)NCCNC(=O)c1cnc(Cl)cn1. The molecule has 16 heavy (non-hydrogen) atoms. The Morgan fingerprint density at radius 3 is 2.50 bits per heavy atom. The molecule has 4 N–H and O–H groups in total. The Bertz CT molecular complexity index is 381. The number of primary amides is 1. The van der Waals surface area contributed by atoms with E-state index in [0.29, 0.717) is 0 Å². The van der Waals surface area contributed by atoms with Crippen LogP contribution in [0, 0.1) is 0 Å². The number of amides is 3. The number of halogens is 1. The lowest BCUT2D eigenvalue weighted by molar-refractivity contribution is 0.0948. The lowest BCUT2D eigenvalue weighted by Gasteiger charge is -2.04. The second-order valence-corrected chi connectivity index (χ2v) is 3.16. The maximum Gasteiger partial charge on any atom is 0.312 e. The molecule has 0 aromatic carbocycles. The molecule has 0 fully saturated rings. The quantitative estimate of drug-likeness (QED) is 0.621. The van der Waals surface area contributed by atoms with Crippen molar-refractivity contribution in [3.8, 4) is 0 Å². The summed E-state index contributed by atoms with van der Waals surface area (Å²) in [6.07, 6.45) is 2.54. The number of nitrogens with one attached hydrogen (secondary N) is 2. The molecule has 0 spiro atoms. The standard InChI is InChI=1S/C8H10ClN5O2/c9-6-4-13-5(3-14-6)7(15)11-1-2-12-8(10)16/h3-4H,1-2H2,(H,11,15)(H3,10,12,16). The van der Waals surface area contributed by atoms with Crippen LogP contribution in [0.25, 0.3) is 0 Å². The molecule has 1 aromatic heterocycles. The van der Waals surface area contributed by atoms with Crippen LogP contribution in [0.3, 0.4) is 0 Å². The summed E-state index contributed by atoms with van der Waals surface area (Å²) in [5.41, 5.74) is 4.99. The van der Waals surface area contributed by atoms with Crippen molar-refractivity contribution in [2.24, 2.45) is 5.73 Å². The summed E-state index contributed by atoms with van der Waals surface area (Å²) in [5, 5.41) is 5.06. The normalized spacial score (nSPS) is 9.56. The van der Waals surface area contributed by atoms with Crippen LogP contribution in [0.2, 0.25) is 5.15 Å². The predicted octanol–water partition coefficient (Wildman–Crippen LogP) is -0.472. The maximum absolute atomic E-state index is 11.4. The number of hydrogen-bond acceptors (Lipinski definition) is 4. The number of aromatic nitrogens is 2. The van der Waals surface area contributed by atoms with E-state index in [2.05, 4.69) is 20.6 Å². The van der Waals surface area contributed by atoms with E-state index in [9.17, 15) is 9.59 Å². The highest BCUT2D eigenvalue weighted by Gasteiger charge is 2.06. The lowest BCUT2D eigenvalue weighted by atomic mass is 10.4. The second kappa shape index (κ2) is 5.86. The lowest BCUT2D eigenvalue weighted by Crippen LogP contribution is -2.37. The van der Waals surface area contributed by atoms with Crippen molar-refractivity contribution < 1.29 is 9.59 Å². The van der Waals surface area contributed by atoms with Gasteiger partial charge in [-0.05, 0) is 0 Å². The van der Waals surface area contributed by atoms with E-state index in [1.807, 2.05) is 0 Å². The summed E-state index contributed by atoms with van der Waals surface area (Å²) in [7, 11) is 0. The van der Waals surface area contributed by atoms with Gasteiger partial charge in [-0.2, -0.15) is 0 Å². The summed E-state index contributed by atoms with van der Waals surface area (Å²) < 4.78 is 0. The van der Waals surface area contributed by atoms with Gasteiger partial charge in [-0.3, -0.25) is 4.79 Å². The van der Waals surface area contributed by atoms with E-state index in [1.54, 1.807) is 0 Å². The van der Waals surface area contributed by atoms with Crippen molar-refractivity contribution in [3.63, 3.8) is 0 Å². The van der Waals surface area contributed by atoms with Crippen molar-refractivity contribution >= 4 is 23.5 Å². The minimum Gasteiger partial charge on any atom is -0.352 e. The number of nitrogens with zero attached hydrogens (tertiary/aromatic N) is 2. The topological polar surface area (TPSA) is 110 Å². The first-order chi connectivity index (χ1) is 7.59. The Kier molecular flexibility index (Phi) is 4.46. The summed E-state index contributed by atoms with van der Waals surface area (Å²) in [6.45, 7) is 0.508. The molecular weight excluding hydrogens is 234 g/mol. The predicted molar refractivity (Wildman–Crippen MR) is 57.0 cm³/mol. The first kappa shape index (κ1) is 12.2. The molecule has 0 aliphatic rings. The Morgan fingerprint density at radius 2 is 1.94 bits per heavy atom. The van der Waals surface area contributed by atoms with Gasteiger partial charge >= 0.3 is 6.03 Å². The van der Waals surface area contributed by atoms with E-state index in [1.165, 1.54) is 12.4 Å². The van der Waals surface area contributed by atoms with E-state index >= 15 is 0 Å². The molecule has 0 atom stereocenters. The molecule has 0 aliphatic heterocycles. The zero-order chi connectivity index (χ0) is 12.0. The molecule has 3 amide bonds. The highest BCUT2D eigenvalue weighted by atomic mass is 35.5. The van der Waals surface area contributed by atoms with Gasteiger partial charge in [0.1, 0.15) is 10.8 Å². The fourth-order valence-corrected chi connectivity index (χ4v) is 0.979. The summed E-state index contributed by atoms with van der Waals surface area (Å²) in [5.74, 6) is -0.393. The van der Waals surface area contributed by atoms with Crippen LogP contribution in [0.15, 0.2) is 12.4 Å². The van der Waals surface area contributed by atoms with Crippen molar-refractivity contribution in [1.82, 2.24) is 20.6 Å². The van der Waals surface area contributed by atoms with Crippen molar-refractivity contribution in [3.05, 3.63) is 23.2 Å². The molecule has 86 valence electrons. The summed E-state index contributed by atoms with van der Waals surface area (Å²) in [4.78, 5) is 29.2. The van der Waals surface area contributed by atoms with E-state index in [4.69, 9.17) is 17.3 Å². The minimum atomic E-state index is -0.638. The fourth-order valence-electron chi connectivity index (χ4n) is 0.882.